The van der Waals surface area contributed by atoms with Gasteiger partial charge < -0.3 is 9.15 Å². The fourth-order valence-corrected chi connectivity index (χ4v) is 1.35. The molecule has 6 nitrogen and oxygen atoms in total. The molecule has 2 aromatic rings. The minimum atomic E-state index is -0.608. The summed E-state index contributed by atoms with van der Waals surface area (Å²) in [6.07, 6.45) is 0. The standard InChI is InChI=1S/C10H7NO5/c1-15-9-5-6-4-7(11(13)14)2-3-8(6)16-10(9)12/h2-5H,1H3. The zero-order valence-corrected chi connectivity index (χ0v) is 8.30. The second-order valence-electron chi connectivity index (χ2n) is 3.08. The lowest BCUT2D eigenvalue weighted by atomic mass is 10.2. The predicted octanol–water partition coefficient (Wildman–Crippen LogP) is 1.71. The average Bonchev–Trinajstić information content (AvgIpc) is 2.27. The van der Waals surface area contributed by atoms with Crippen molar-refractivity contribution < 1.29 is 14.1 Å². The molecule has 0 unspecified atom stereocenters. The van der Waals surface area contributed by atoms with Crippen LogP contribution in [0.15, 0.2) is 33.5 Å². The maximum absolute atomic E-state index is 11.3. The van der Waals surface area contributed by atoms with Crippen molar-refractivity contribution in [3.8, 4) is 5.75 Å². The average molecular weight is 221 g/mol. The molecule has 6 heteroatoms. The number of benzene rings is 1. The molecule has 0 N–H and O–H groups in total. The molecule has 16 heavy (non-hydrogen) atoms. The van der Waals surface area contributed by atoms with Gasteiger partial charge in [-0.3, -0.25) is 10.1 Å². The fourth-order valence-electron chi connectivity index (χ4n) is 1.35. The summed E-state index contributed by atoms with van der Waals surface area (Å²) in [6.45, 7) is 0. The van der Waals surface area contributed by atoms with Crippen molar-refractivity contribution in [1.82, 2.24) is 0 Å². The van der Waals surface area contributed by atoms with E-state index in [1.165, 1.54) is 31.4 Å². The van der Waals surface area contributed by atoms with E-state index in [0.717, 1.165) is 0 Å². The van der Waals surface area contributed by atoms with E-state index in [1.807, 2.05) is 0 Å². The zero-order chi connectivity index (χ0) is 11.7. The van der Waals surface area contributed by atoms with Gasteiger partial charge in [-0.25, -0.2) is 4.79 Å². The number of nitrogens with zero attached hydrogens (tertiary/aromatic N) is 1. The molecule has 0 aliphatic heterocycles. The fraction of sp³-hybridized carbons (Fsp3) is 0.100. The monoisotopic (exact) mass is 221 g/mol. The molecule has 0 aliphatic carbocycles. The van der Waals surface area contributed by atoms with Gasteiger partial charge in [0.25, 0.3) is 5.69 Å². The highest BCUT2D eigenvalue weighted by atomic mass is 16.6. The van der Waals surface area contributed by atoms with E-state index in [4.69, 9.17) is 9.15 Å². The summed E-state index contributed by atoms with van der Waals surface area (Å²) in [4.78, 5) is 21.3. The van der Waals surface area contributed by atoms with Gasteiger partial charge in [0.1, 0.15) is 5.58 Å². The van der Waals surface area contributed by atoms with Gasteiger partial charge >= 0.3 is 5.63 Å². The van der Waals surface area contributed by atoms with Crippen LogP contribution in [0.2, 0.25) is 0 Å². The maximum Gasteiger partial charge on any atom is 0.379 e. The van der Waals surface area contributed by atoms with Crippen molar-refractivity contribution in [2.45, 2.75) is 0 Å². The van der Waals surface area contributed by atoms with Gasteiger partial charge in [-0.15, -0.1) is 0 Å². The number of fused-ring (bicyclic) bond motifs is 1. The van der Waals surface area contributed by atoms with Crippen molar-refractivity contribution in [3.05, 3.63) is 44.8 Å². The predicted molar refractivity (Wildman–Crippen MR) is 55.7 cm³/mol. The van der Waals surface area contributed by atoms with E-state index in [0.29, 0.717) is 5.39 Å². The third kappa shape index (κ3) is 1.60. The molecule has 0 saturated carbocycles. The van der Waals surface area contributed by atoms with Crippen molar-refractivity contribution >= 4 is 16.7 Å². The molecular formula is C10H7NO5. The number of non-ortho nitro benzene ring substituents is 1. The molecule has 1 aromatic heterocycles. The van der Waals surface area contributed by atoms with Gasteiger partial charge in [0.15, 0.2) is 0 Å². The summed E-state index contributed by atoms with van der Waals surface area (Å²) in [5, 5.41) is 11.0. The molecule has 2 rings (SSSR count). The number of ether oxygens (including phenoxy) is 1. The third-order valence-electron chi connectivity index (χ3n) is 2.11. The lowest BCUT2D eigenvalue weighted by Gasteiger charge is -2.00. The Morgan fingerprint density at radius 1 is 1.38 bits per heavy atom. The van der Waals surface area contributed by atoms with Crippen LogP contribution in [-0.4, -0.2) is 12.0 Å². The molecule has 1 aromatic carbocycles. The largest absolute Gasteiger partial charge is 0.490 e. The molecule has 0 saturated heterocycles. The first kappa shape index (κ1) is 10.2. The number of nitro benzene ring substituents is 1. The Morgan fingerprint density at radius 3 is 2.75 bits per heavy atom. The first-order chi connectivity index (χ1) is 7.61. The molecule has 1 heterocycles. The smallest absolute Gasteiger partial charge is 0.379 e. The highest BCUT2D eigenvalue weighted by Gasteiger charge is 2.10. The van der Waals surface area contributed by atoms with E-state index in [-0.39, 0.29) is 17.0 Å². The second-order valence-corrected chi connectivity index (χ2v) is 3.08. The van der Waals surface area contributed by atoms with Crippen LogP contribution in [0.5, 0.6) is 5.75 Å². The van der Waals surface area contributed by atoms with Gasteiger partial charge in [-0.2, -0.15) is 0 Å². The molecule has 0 bridgehead atoms. The SMILES string of the molecule is COc1cc2cc([N+](=O)[O-])ccc2oc1=O. The van der Waals surface area contributed by atoms with Crippen LogP contribution in [0, 0.1) is 10.1 Å². The van der Waals surface area contributed by atoms with Crippen LogP contribution in [0.3, 0.4) is 0 Å². The molecule has 0 spiro atoms. The van der Waals surface area contributed by atoms with Gasteiger partial charge in [-0.1, -0.05) is 0 Å². The molecule has 82 valence electrons. The Hall–Kier alpha value is -2.37. The number of nitro groups is 1. The lowest BCUT2D eigenvalue weighted by molar-refractivity contribution is -0.384. The van der Waals surface area contributed by atoms with Crippen molar-refractivity contribution in [3.63, 3.8) is 0 Å². The van der Waals surface area contributed by atoms with Crippen LogP contribution in [0.25, 0.3) is 11.0 Å². The van der Waals surface area contributed by atoms with Crippen LogP contribution in [0.1, 0.15) is 0 Å². The van der Waals surface area contributed by atoms with E-state index >= 15 is 0 Å². The van der Waals surface area contributed by atoms with Crippen LogP contribution >= 0.6 is 0 Å². The number of methoxy groups -OCH3 is 1. The normalized spacial score (nSPS) is 10.3. The topological polar surface area (TPSA) is 82.6 Å². The Bertz CT molecular complexity index is 616. The quantitative estimate of drug-likeness (QED) is 0.438. The van der Waals surface area contributed by atoms with Crippen LogP contribution in [-0.2, 0) is 0 Å². The highest BCUT2D eigenvalue weighted by molar-refractivity contribution is 5.80. The van der Waals surface area contributed by atoms with Gasteiger partial charge in [0.2, 0.25) is 5.75 Å². The van der Waals surface area contributed by atoms with Crippen molar-refractivity contribution in [1.29, 1.82) is 0 Å². The highest BCUT2D eigenvalue weighted by Crippen LogP contribution is 2.22. The summed E-state index contributed by atoms with van der Waals surface area (Å²) in [7, 11) is 1.33. The first-order valence-electron chi connectivity index (χ1n) is 4.38. The number of rotatable bonds is 2. The molecule has 0 fully saturated rings. The summed E-state index contributed by atoms with van der Waals surface area (Å²) in [5.74, 6) is 0.0213. The minimum Gasteiger partial charge on any atom is -0.490 e. The second kappa shape index (κ2) is 3.65. The van der Waals surface area contributed by atoms with Crippen molar-refractivity contribution in [2.24, 2.45) is 0 Å². The maximum atomic E-state index is 11.3. The molecule has 0 atom stereocenters. The van der Waals surface area contributed by atoms with E-state index in [1.54, 1.807) is 0 Å². The Kier molecular flexibility index (Phi) is 2.32. The molecule has 0 aliphatic rings. The van der Waals surface area contributed by atoms with Gasteiger partial charge in [0.05, 0.1) is 12.0 Å². The van der Waals surface area contributed by atoms with Gasteiger partial charge in [0, 0.05) is 17.5 Å². The summed E-state index contributed by atoms with van der Waals surface area (Å²) < 4.78 is 9.69. The van der Waals surface area contributed by atoms with E-state index in [9.17, 15) is 14.9 Å². The molecule has 0 radical (unpaired) electrons. The lowest BCUT2D eigenvalue weighted by Crippen LogP contribution is -2.03. The van der Waals surface area contributed by atoms with Crippen molar-refractivity contribution in [2.75, 3.05) is 7.11 Å². The number of hydrogen-bond donors (Lipinski definition) is 0. The third-order valence-corrected chi connectivity index (χ3v) is 2.11. The first-order valence-corrected chi connectivity index (χ1v) is 4.38. The Labute approximate surface area is 89.2 Å². The van der Waals surface area contributed by atoms with Crippen LogP contribution in [0.4, 0.5) is 5.69 Å². The summed E-state index contributed by atoms with van der Waals surface area (Å²) in [5.41, 5.74) is -0.386. The number of hydrogen-bond acceptors (Lipinski definition) is 5. The Balaban J connectivity index is 2.73. The molecule has 0 amide bonds. The minimum absolute atomic E-state index is 0.0213. The zero-order valence-electron chi connectivity index (χ0n) is 8.30. The summed E-state index contributed by atoms with van der Waals surface area (Å²) >= 11 is 0. The summed E-state index contributed by atoms with van der Waals surface area (Å²) in [6, 6.07) is 5.39. The Morgan fingerprint density at radius 2 is 2.12 bits per heavy atom. The van der Waals surface area contributed by atoms with E-state index in [2.05, 4.69) is 0 Å². The van der Waals surface area contributed by atoms with Crippen LogP contribution < -0.4 is 10.4 Å². The van der Waals surface area contributed by atoms with Gasteiger partial charge in [-0.05, 0) is 12.1 Å². The molecular weight excluding hydrogens is 214 g/mol. The van der Waals surface area contributed by atoms with E-state index < -0.39 is 10.5 Å².